The van der Waals surface area contributed by atoms with Gasteiger partial charge in [-0.2, -0.15) is 0 Å². The van der Waals surface area contributed by atoms with Crippen LogP contribution in [-0.4, -0.2) is 70.4 Å². The van der Waals surface area contributed by atoms with Crippen LogP contribution in [-0.2, 0) is 11.2 Å². The lowest BCUT2D eigenvalue weighted by Gasteiger charge is -2.58. The van der Waals surface area contributed by atoms with E-state index in [-0.39, 0.29) is 34.5 Å². The monoisotopic (exact) mass is 733 g/mol. The van der Waals surface area contributed by atoms with E-state index in [1.807, 2.05) is 12.1 Å². The van der Waals surface area contributed by atoms with Crippen molar-refractivity contribution in [3.05, 3.63) is 42.0 Å². The Morgan fingerprint density at radius 2 is 1.85 bits per heavy atom. The van der Waals surface area contributed by atoms with Gasteiger partial charge in [0.05, 0.1) is 23.4 Å². The summed E-state index contributed by atoms with van der Waals surface area (Å²) in [6, 6.07) is 7.26. The first kappa shape index (κ1) is 38.5. The van der Waals surface area contributed by atoms with Crippen LogP contribution in [0.4, 0.5) is 0 Å². The van der Waals surface area contributed by atoms with E-state index in [4.69, 9.17) is 22.8 Å². The van der Waals surface area contributed by atoms with Gasteiger partial charge in [-0.3, -0.25) is 9.98 Å². The molecule has 12 atom stereocenters. The van der Waals surface area contributed by atoms with Gasteiger partial charge >= 0.3 is 0 Å². The van der Waals surface area contributed by atoms with Crippen LogP contribution in [0.5, 0.6) is 5.75 Å². The Hall–Kier alpha value is -2.82. The minimum atomic E-state index is -0.694. The first-order valence-corrected chi connectivity index (χ1v) is 20.8. The Balaban J connectivity index is 0.976. The van der Waals surface area contributed by atoms with Crippen molar-refractivity contribution in [3.8, 4) is 5.75 Å². The van der Waals surface area contributed by atoms with E-state index in [2.05, 4.69) is 34.5 Å². The Morgan fingerprint density at radius 1 is 1.04 bits per heavy atom. The van der Waals surface area contributed by atoms with Crippen LogP contribution >= 0.6 is 0 Å². The molecular formula is C43H68N6O4. The summed E-state index contributed by atoms with van der Waals surface area (Å²) in [6.45, 7) is 10.3. The quantitative estimate of drug-likeness (QED) is 0.0513. The minimum Gasteiger partial charge on any atom is -0.508 e. The summed E-state index contributed by atoms with van der Waals surface area (Å²) in [5.74, 6) is 3.77. The molecule has 0 amide bonds. The fourth-order valence-corrected chi connectivity index (χ4v) is 12.4. The fraction of sp³-hybridized carbons (Fsp3) is 0.767. The number of guanidine groups is 2. The average Bonchev–Trinajstić information content (AvgIpc) is 3.41. The van der Waals surface area contributed by atoms with Crippen molar-refractivity contribution < 1.29 is 20.1 Å². The molecule has 10 heteroatoms. The molecule has 5 saturated carbocycles. The summed E-state index contributed by atoms with van der Waals surface area (Å²) in [5, 5.41) is 38.1. The topological polar surface area (TPSA) is 174 Å². The summed E-state index contributed by atoms with van der Waals surface area (Å²) < 4.78 is 6.74. The van der Waals surface area contributed by atoms with Crippen LogP contribution in [0.15, 0.2) is 46.4 Å². The molecule has 53 heavy (non-hydrogen) atoms. The SMILES string of the molecule is C=C1C[C@@]2(CC[C@@H](CC[C@]3(O)CCC[C@H](O)C3)C2)[C@@H]2O[C@]2(C)CC[C@H]2[C@@H]1C[C@]2(C)[C@H]1CC[C@H]([C@H](NC(N)=NC)NC(N)=NCCc2cccc(O)c2)C1. The van der Waals surface area contributed by atoms with Crippen molar-refractivity contribution in [2.75, 3.05) is 13.6 Å². The summed E-state index contributed by atoms with van der Waals surface area (Å²) in [4.78, 5) is 8.80. The van der Waals surface area contributed by atoms with Crippen molar-refractivity contribution in [2.45, 2.75) is 153 Å². The first-order valence-electron chi connectivity index (χ1n) is 20.8. The van der Waals surface area contributed by atoms with Gasteiger partial charge in [0, 0.05) is 25.4 Å². The summed E-state index contributed by atoms with van der Waals surface area (Å²) in [6.07, 6.45) is 17.0. The number of aliphatic hydroxyl groups excluding tert-OH is 1. The van der Waals surface area contributed by atoms with Gasteiger partial charge in [0.25, 0.3) is 0 Å². The van der Waals surface area contributed by atoms with Gasteiger partial charge in [0.2, 0.25) is 0 Å². The molecule has 294 valence electrons. The lowest BCUT2D eigenvalue weighted by Crippen LogP contribution is -2.56. The van der Waals surface area contributed by atoms with Crippen molar-refractivity contribution in [1.82, 2.24) is 10.6 Å². The highest BCUT2D eigenvalue weighted by Gasteiger charge is 2.67. The first-order chi connectivity index (χ1) is 25.2. The van der Waals surface area contributed by atoms with Crippen molar-refractivity contribution in [1.29, 1.82) is 0 Å². The number of nitrogens with two attached hydrogens (primary N) is 2. The van der Waals surface area contributed by atoms with E-state index in [9.17, 15) is 15.3 Å². The lowest BCUT2D eigenvalue weighted by molar-refractivity contribution is -0.0697. The highest BCUT2D eigenvalue weighted by atomic mass is 16.6. The van der Waals surface area contributed by atoms with Crippen LogP contribution in [0.25, 0.3) is 0 Å². The van der Waals surface area contributed by atoms with E-state index < -0.39 is 5.60 Å². The average molecular weight is 733 g/mol. The molecule has 6 aliphatic rings. The molecule has 1 aromatic carbocycles. The highest BCUT2D eigenvalue weighted by molar-refractivity contribution is 5.81. The molecule has 10 nitrogen and oxygen atoms in total. The number of epoxide rings is 1. The standard InChI is InChI=1S/C43H68N6O4/c1-27-23-42(18-12-29(24-42)13-19-43(52)16-6-9-33(51)25-43)37-41(3,53-37)17-14-35-34(27)26-40(35,2)31-11-10-30(22-31)36(48-38(44)46-4)49-39(45)47-20-15-28-7-5-8-32(50)21-28/h5,7-8,21,29-31,33-37,50-52H,1,6,9-20,22-26H2,2-4H3,(H3,44,46,48)(H3,45,47,49)/t29-,30-,31-,33-,34+,35-,36+,37+,40+,41+,42+,43+/m0/s1. The van der Waals surface area contributed by atoms with E-state index in [0.717, 1.165) is 63.4 Å². The largest absolute Gasteiger partial charge is 0.508 e. The van der Waals surface area contributed by atoms with Crippen LogP contribution in [0.2, 0.25) is 0 Å². The lowest BCUT2D eigenvalue weighted by atomic mass is 9.46. The summed E-state index contributed by atoms with van der Waals surface area (Å²) in [7, 11) is 1.70. The molecule has 9 N–H and O–H groups in total. The van der Waals surface area contributed by atoms with Gasteiger partial charge in [0.15, 0.2) is 11.9 Å². The molecule has 1 spiro atoms. The zero-order valence-electron chi connectivity index (χ0n) is 32.7. The van der Waals surface area contributed by atoms with Gasteiger partial charge in [0.1, 0.15) is 11.9 Å². The molecule has 0 aromatic heterocycles. The van der Waals surface area contributed by atoms with Gasteiger partial charge in [-0.1, -0.05) is 31.2 Å². The Bertz CT molecular complexity index is 1550. The number of hydrogen-bond donors (Lipinski definition) is 7. The predicted octanol–water partition coefficient (Wildman–Crippen LogP) is 5.89. The predicted molar refractivity (Wildman–Crippen MR) is 211 cm³/mol. The number of benzene rings is 1. The third kappa shape index (κ3) is 8.11. The molecule has 1 heterocycles. The Labute approximate surface area is 317 Å². The van der Waals surface area contributed by atoms with Gasteiger partial charge in [-0.25, -0.2) is 0 Å². The number of ether oxygens (including phenoxy) is 1. The second kappa shape index (κ2) is 15.0. The number of allylic oxidation sites excluding steroid dienone is 1. The summed E-state index contributed by atoms with van der Waals surface area (Å²) >= 11 is 0. The number of aliphatic imine (C=N–C) groups is 2. The zero-order chi connectivity index (χ0) is 37.6. The Kier molecular flexibility index (Phi) is 10.9. The van der Waals surface area contributed by atoms with E-state index in [0.29, 0.717) is 67.0 Å². The maximum absolute atomic E-state index is 11.3. The van der Waals surface area contributed by atoms with Gasteiger partial charge < -0.3 is 42.2 Å². The normalized spacial score (nSPS) is 42.1. The fourth-order valence-electron chi connectivity index (χ4n) is 12.4. The number of phenolic OH excluding ortho intramolecular Hbond substituents is 1. The number of aromatic hydroxyl groups is 1. The van der Waals surface area contributed by atoms with E-state index in [1.54, 1.807) is 19.2 Å². The number of nitrogens with one attached hydrogen (secondary N) is 2. The van der Waals surface area contributed by atoms with Crippen LogP contribution in [0, 0.1) is 40.4 Å². The van der Waals surface area contributed by atoms with Crippen molar-refractivity contribution in [3.63, 3.8) is 0 Å². The maximum Gasteiger partial charge on any atom is 0.190 e. The smallest absolute Gasteiger partial charge is 0.190 e. The number of rotatable bonds is 10. The third-order valence-corrected chi connectivity index (χ3v) is 15.4. The molecule has 6 fully saturated rings. The van der Waals surface area contributed by atoms with Crippen molar-refractivity contribution in [2.24, 2.45) is 61.9 Å². The summed E-state index contributed by atoms with van der Waals surface area (Å²) in [5.41, 5.74) is 14.8. The molecule has 0 bridgehead atoms. The second-order valence-electron chi connectivity index (χ2n) is 18.9. The van der Waals surface area contributed by atoms with Gasteiger partial charge in [-0.05, 0) is 162 Å². The number of aliphatic hydroxyl groups is 2. The molecular weight excluding hydrogens is 665 g/mol. The highest BCUT2D eigenvalue weighted by Crippen LogP contribution is 2.69. The molecule has 0 radical (unpaired) electrons. The number of fused-ring (bicyclic) bond motifs is 3. The second-order valence-corrected chi connectivity index (χ2v) is 18.9. The molecule has 0 unspecified atom stereocenters. The molecule has 7 rings (SSSR count). The number of nitrogens with zero attached hydrogens (tertiary/aromatic N) is 2. The zero-order valence-corrected chi connectivity index (χ0v) is 32.7. The third-order valence-electron chi connectivity index (χ3n) is 15.4. The number of hydrogen-bond acceptors (Lipinski definition) is 6. The molecule has 1 aromatic rings. The molecule has 1 saturated heterocycles. The number of phenols is 1. The van der Waals surface area contributed by atoms with Crippen LogP contribution in [0.1, 0.15) is 122 Å². The van der Waals surface area contributed by atoms with E-state index >= 15 is 0 Å². The van der Waals surface area contributed by atoms with Crippen LogP contribution in [0.3, 0.4) is 0 Å². The maximum atomic E-state index is 11.3. The minimum absolute atomic E-state index is 0.0435. The Morgan fingerprint density at radius 3 is 2.62 bits per heavy atom. The van der Waals surface area contributed by atoms with E-state index in [1.165, 1.54) is 44.1 Å². The molecule has 1 aliphatic heterocycles. The van der Waals surface area contributed by atoms with Crippen molar-refractivity contribution >= 4 is 11.9 Å². The van der Waals surface area contributed by atoms with Crippen LogP contribution < -0.4 is 22.1 Å². The molecule has 5 aliphatic carbocycles. The van der Waals surface area contributed by atoms with Gasteiger partial charge in [-0.15, -0.1) is 0 Å².